The fraction of sp³-hybridized carbons (Fsp3) is 0.857. The zero-order valence-corrected chi connectivity index (χ0v) is 7.29. The smallest absolute Gasteiger partial charge is 0.312 e. The summed E-state index contributed by atoms with van der Waals surface area (Å²) in [6, 6.07) is -0.539. The Morgan fingerprint density at radius 3 is 2.83 bits per heavy atom. The van der Waals surface area contributed by atoms with E-state index in [1.807, 2.05) is 13.8 Å². The molecule has 0 aromatic heterocycles. The maximum absolute atomic E-state index is 10.3. The first-order valence-corrected chi connectivity index (χ1v) is 3.85. The molecular weight excluding hydrogens is 160 g/mol. The Labute approximate surface area is 71.2 Å². The van der Waals surface area contributed by atoms with Gasteiger partial charge >= 0.3 is 6.03 Å². The molecule has 2 amide bonds. The van der Waals surface area contributed by atoms with Crippen LogP contribution in [-0.4, -0.2) is 31.1 Å². The van der Waals surface area contributed by atoms with Crippen molar-refractivity contribution in [2.24, 2.45) is 5.73 Å². The number of amides is 2. The second-order valence-electron chi connectivity index (χ2n) is 3.20. The average molecular weight is 174 g/mol. The monoisotopic (exact) mass is 174 g/mol. The van der Waals surface area contributed by atoms with E-state index in [2.05, 4.69) is 5.32 Å². The minimum absolute atomic E-state index is 0.0903. The van der Waals surface area contributed by atoms with E-state index >= 15 is 0 Å². The highest BCUT2D eigenvalue weighted by Gasteiger charge is 2.32. The minimum atomic E-state index is -0.539. The standard InChI is InChI=1S/C7H14N2O3/c1-7(2)11-4-5(12-7)3-9-6(8)10/h5H,3-4H2,1-2H3,(H3,8,9,10)/t5-/m0/s1. The van der Waals surface area contributed by atoms with Crippen molar-refractivity contribution in [2.75, 3.05) is 13.2 Å². The highest BCUT2D eigenvalue weighted by molar-refractivity contribution is 5.71. The van der Waals surface area contributed by atoms with Crippen LogP contribution in [0.25, 0.3) is 0 Å². The largest absolute Gasteiger partial charge is 0.352 e. The van der Waals surface area contributed by atoms with Crippen LogP contribution in [0.4, 0.5) is 4.79 Å². The van der Waals surface area contributed by atoms with Crippen LogP contribution in [0.1, 0.15) is 13.8 Å². The number of ether oxygens (including phenoxy) is 2. The van der Waals surface area contributed by atoms with Crippen molar-refractivity contribution in [2.45, 2.75) is 25.7 Å². The molecular formula is C7H14N2O3. The molecule has 1 aliphatic rings. The van der Waals surface area contributed by atoms with Crippen molar-refractivity contribution in [3.63, 3.8) is 0 Å². The van der Waals surface area contributed by atoms with Crippen LogP contribution in [0.15, 0.2) is 0 Å². The van der Waals surface area contributed by atoms with Crippen LogP contribution in [0.3, 0.4) is 0 Å². The Bertz CT molecular complexity index is 181. The number of urea groups is 1. The third-order valence-corrected chi connectivity index (χ3v) is 1.57. The number of primary amides is 1. The Morgan fingerprint density at radius 2 is 2.42 bits per heavy atom. The zero-order chi connectivity index (χ0) is 9.19. The summed E-state index contributed by atoms with van der Waals surface area (Å²) in [5, 5.41) is 2.46. The second kappa shape index (κ2) is 3.28. The van der Waals surface area contributed by atoms with Gasteiger partial charge in [0.2, 0.25) is 0 Å². The van der Waals surface area contributed by atoms with Crippen LogP contribution in [0, 0.1) is 0 Å². The molecule has 0 bridgehead atoms. The third kappa shape index (κ3) is 2.67. The molecule has 0 radical (unpaired) electrons. The fourth-order valence-electron chi connectivity index (χ4n) is 1.08. The molecule has 0 aromatic rings. The van der Waals surface area contributed by atoms with Gasteiger partial charge in [0.1, 0.15) is 6.10 Å². The van der Waals surface area contributed by atoms with Crippen molar-refractivity contribution in [3.8, 4) is 0 Å². The van der Waals surface area contributed by atoms with Gasteiger partial charge in [0.25, 0.3) is 0 Å². The number of hydrogen-bond acceptors (Lipinski definition) is 3. The van der Waals surface area contributed by atoms with Crippen molar-refractivity contribution >= 4 is 6.03 Å². The summed E-state index contributed by atoms with van der Waals surface area (Å²) >= 11 is 0. The van der Waals surface area contributed by atoms with Crippen molar-refractivity contribution < 1.29 is 14.3 Å². The molecule has 3 N–H and O–H groups in total. The second-order valence-corrected chi connectivity index (χ2v) is 3.20. The lowest BCUT2D eigenvalue weighted by Crippen LogP contribution is -2.37. The normalized spacial score (nSPS) is 27.0. The SMILES string of the molecule is CC1(C)OC[C@H](CNC(N)=O)O1. The number of hydrogen-bond donors (Lipinski definition) is 2. The summed E-state index contributed by atoms with van der Waals surface area (Å²) in [7, 11) is 0. The summed E-state index contributed by atoms with van der Waals surface area (Å²) in [5.41, 5.74) is 4.89. The van der Waals surface area contributed by atoms with E-state index in [1.165, 1.54) is 0 Å². The van der Waals surface area contributed by atoms with E-state index in [0.717, 1.165) is 0 Å². The first-order chi connectivity index (χ1) is 5.49. The Hall–Kier alpha value is -0.810. The summed E-state index contributed by atoms with van der Waals surface area (Å²) in [6.45, 7) is 4.56. The summed E-state index contributed by atoms with van der Waals surface area (Å²) < 4.78 is 10.7. The summed E-state index contributed by atoms with van der Waals surface area (Å²) in [6.07, 6.45) is -0.0903. The number of carbonyl (C=O) groups excluding carboxylic acids is 1. The molecule has 0 aliphatic carbocycles. The third-order valence-electron chi connectivity index (χ3n) is 1.57. The maximum atomic E-state index is 10.3. The van der Waals surface area contributed by atoms with E-state index in [0.29, 0.717) is 13.2 Å². The van der Waals surface area contributed by atoms with E-state index < -0.39 is 11.8 Å². The molecule has 1 saturated heterocycles. The minimum Gasteiger partial charge on any atom is -0.352 e. The number of nitrogens with one attached hydrogen (secondary N) is 1. The van der Waals surface area contributed by atoms with Gasteiger partial charge < -0.3 is 20.5 Å². The fourth-order valence-corrected chi connectivity index (χ4v) is 1.08. The molecule has 5 heteroatoms. The van der Waals surface area contributed by atoms with Gasteiger partial charge in [-0.2, -0.15) is 0 Å². The predicted molar refractivity (Wildman–Crippen MR) is 42.5 cm³/mol. The lowest BCUT2D eigenvalue weighted by Gasteiger charge is -2.16. The first-order valence-electron chi connectivity index (χ1n) is 3.85. The molecule has 0 spiro atoms. The van der Waals surface area contributed by atoms with Crippen LogP contribution in [-0.2, 0) is 9.47 Å². The average Bonchev–Trinajstić information content (AvgIpc) is 2.26. The lowest BCUT2D eigenvalue weighted by atomic mass is 10.4. The number of rotatable bonds is 2. The molecule has 1 aliphatic heterocycles. The molecule has 1 atom stereocenters. The molecule has 12 heavy (non-hydrogen) atoms. The van der Waals surface area contributed by atoms with Crippen LogP contribution < -0.4 is 11.1 Å². The van der Waals surface area contributed by atoms with Crippen molar-refractivity contribution in [3.05, 3.63) is 0 Å². The molecule has 1 fully saturated rings. The zero-order valence-electron chi connectivity index (χ0n) is 7.29. The van der Waals surface area contributed by atoms with Gasteiger partial charge in [0.05, 0.1) is 6.61 Å². The topological polar surface area (TPSA) is 73.6 Å². The first kappa shape index (κ1) is 9.28. The van der Waals surface area contributed by atoms with Crippen molar-refractivity contribution in [1.29, 1.82) is 0 Å². The van der Waals surface area contributed by atoms with Crippen LogP contribution >= 0.6 is 0 Å². The number of nitrogens with two attached hydrogens (primary N) is 1. The highest BCUT2D eigenvalue weighted by Crippen LogP contribution is 2.21. The van der Waals surface area contributed by atoms with Gasteiger partial charge in [0, 0.05) is 6.54 Å². The molecule has 0 unspecified atom stereocenters. The van der Waals surface area contributed by atoms with Gasteiger partial charge in [-0.25, -0.2) is 4.79 Å². The van der Waals surface area contributed by atoms with Crippen LogP contribution in [0.5, 0.6) is 0 Å². The maximum Gasteiger partial charge on any atom is 0.312 e. The Kier molecular flexibility index (Phi) is 2.54. The molecule has 70 valence electrons. The van der Waals surface area contributed by atoms with Crippen LogP contribution in [0.2, 0.25) is 0 Å². The Balaban J connectivity index is 2.24. The molecule has 1 heterocycles. The van der Waals surface area contributed by atoms with E-state index in [4.69, 9.17) is 15.2 Å². The van der Waals surface area contributed by atoms with Gasteiger partial charge in [0.15, 0.2) is 5.79 Å². The molecule has 0 aromatic carbocycles. The molecule has 1 rings (SSSR count). The highest BCUT2D eigenvalue weighted by atomic mass is 16.7. The summed E-state index contributed by atoms with van der Waals surface area (Å²) in [4.78, 5) is 10.3. The number of carbonyl (C=O) groups is 1. The van der Waals surface area contributed by atoms with Gasteiger partial charge in [-0.05, 0) is 13.8 Å². The molecule has 0 saturated carbocycles. The van der Waals surface area contributed by atoms with Gasteiger partial charge in [-0.15, -0.1) is 0 Å². The van der Waals surface area contributed by atoms with E-state index in [1.54, 1.807) is 0 Å². The predicted octanol–water partition coefficient (Wildman–Crippen LogP) is -0.194. The molecule has 5 nitrogen and oxygen atoms in total. The quantitative estimate of drug-likeness (QED) is 0.609. The van der Waals surface area contributed by atoms with Crippen molar-refractivity contribution in [1.82, 2.24) is 5.32 Å². The Morgan fingerprint density at radius 1 is 1.75 bits per heavy atom. The van der Waals surface area contributed by atoms with E-state index in [-0.39, 0.29) is 6.10 Å². The van der Waals surface area contributed by atoms with Gasteiger partial charge in [-0.3, -0.25) is 0 Å². The lowest BCUT2D eigenvalue weighted by molar-refractivity contribution is -0.137. The summed E-state index contributed by atoms with van der Waals surface area (Å²) in [5.74, 6) is -0.538. The van der Waals surface area contributed by atoms with E-state index in [9.17, 15) is 4.79 Å². The van der Waals surface area contributed by atoms with Gasteiger partial charge in [-0.1, -0.05) is 0 Å².